The Labute approximate surface area is 228 Å². The number of ketones is 2. The average Bonchev–Trinajstić information content (AvgIpc) is 3.71. The Morgan fingerprint density at radius 3 is 2.32 bits per heavy atom. The van der Waals surface area contributed by atoms with Gasteiger partial charge in [0, 0.05) is 16.9 Å². The molecule has 1 fully saturated rings. The zero-order valence-electron chi connectivity index (χ0n) is 20.8. The molecule has 0 unspecified atom stereocenters. The summed E-state index contributed by atoms with van der Waals surface area (Å²) in [5.41, 5.74) is 4.26. The summed E-state index contributed by atoms with van der Waals surface area (Å²) >= 11 is 2.72. The molecule has 1 spiro atoms. The lowest BCUT2D eigenvalue weighted by molar-refractivity contribution is -0.121. The van der Waals surface area contributed by atoms with E-state index in [1.54, 1.807) is 6.07 Å². The summed E-state index contributed by atoms with van der Waals surface area (Å²) < 4.78 is 0. The van der Waals surface area contributed by atoms with Gasteiger partial charge >= 0.3 is 0 Å². The van der Waals surface area contributed by atoms with Crippen molar-refractivity contribution in [3.8, 4) is 0 Å². The van der Waals surface area contributed by atoms with Crippen LogP contribution in [-0.2, 0) is 10.2 Å². The zero-order chi connectivity index (χ0) is 26.2. The number of hydrogen-bond donors (Lipinski definition) is 1. The Morgan fingerprint density at radius 1 is 0.895 bits per heavy atom. The summed E-state index contributed by atoms with van der Waals surface area (Å²) in [6.45, 7) is 4.09. The van der Waals surface area contributed by atoms with Gasteiger partial charge in [-0.15, -0.1) is 22.7 Å². The second-order valence-corrected chi connectivity index (χ2v) is 12.1. The lowest BCUT2D eigenvalue weighted by atomic mass is 9.64. The lowest BCUT2D eigenvalue weighted by Crippen LogP contribution is -2.51. The molecule has 1 amide bonds. The van der Waals surface area contributed by atoms with E-state index in [4.69, 9.17) is 0 Å². The van der Waals surface area contributed by atoms with Gasteiger partial charge in [-0.3, -0.25) is 14.4 Å². The van der Waals surface area contributed by atoms with Crippen molar-refractivity contribution in [2.24, 2.45) is 5.92 Å². The monoisotopic (exact) mass is 536 g/mol. The lowest BCUT2D eigenvalue weighted by Gasteiger charge is -2.39. The number of aryl methyl sites for hydroxylation is 1. The number of rotatable bonds is 4. The maximum atomic E-state index is 14.5. The molecule has 4 atom stereocenters. The number of Topliss-reactive ketones (excluding diaryl/α,β-unsaturated/α-hetero) is 2. The number of carbonyl (C=O) groups is 3. The number of fused-ring (bicyclic) bond motifs is 6. The smallest absolute Gasteiger partial charge is 0.238 e. The van der Waals surface area contributed by atoms with Gasteiger partial charge in [-0.05, 0) is 66.1 Å². The molecule has 3 aliphatic heterocycles. The van der Waals surface area contributed by atoms with Crippen LogP contribution in [0.3, 0.4) is 0 Å². The van der Waals surface area contributed by atoms with Crippen LogP contribution in [0.5, 0.6) is 0 Å². The number of amides is 1. The van der Waals surface area contributed by atoms with Gasteiger partial charge in [0.1, 0.15) is 11.5 Å². The van der Waals surface area contributed by atoms with E-state index in [0.717, 1.165) is 28.0 Å². The molecule has 0 saturated carbocycles. The maximum Gasteiger partial charge on any atom is 0.238 e. The van der Waals surface area contributed by atoms with Crippen LogP contribution >= 0.6 is 22.7 Å². The highest BCUT2D eigenvalue weighted by Crippen LogP contribution is 2.59. The van der Waals surface area contributed by atoms with Crippen LogP contribution in [0.25, 0.3) is 5.57 Å². The van der Waals surface area contributed by atoms with E-state index in [2.05, 4.69) is 22.4 Å². The number of hydrogen-bond acceptors (Lipinski definition) is 6. The van der Waals surface area contributed by atoms with Crippen molar-refractivity contribution in [1.29, 1.82) is 0 Å². The third-order valence-electron chi connectivity index (χ3n) is 8.21. The fourth-order valence-corrected chi connectivity index (χ4v) is 8.08. The van der Waals surface area contributed by atoms with Crippen LogP contribution in [0.4, 0.5) is 11.4 Å². The highest BCUT2D eigenvalue weighted by molar-refractivity contribution is 7.12. The van der Waals surface area contributed by atoms with Gasteiger partial charge in [0.25, 0.3) is 0 Å². The number of benzene rings is 2. The normalized spacial score (nSPS) is 25.0. The Morgan fingerprint density at radius 2 is 1.61 bits per heavy atom. The molecule has 2 aromatic carbocycles. The molecular formula is C31H24N2O3S2. The molecule has 1 saturated heterocycles. The number of allylic oxidation sites excluding steroid dienone is 1. The van der Waals surface area contributed by atoms with Crippen LogP contribution in [-0.4, -0.2) is 29.6 Å². The molecule has 0 aliphatic carbocycles. The van der Waals surface area contributed by atoms with Crippen LogP contribution in [0, 0.1) is 12.8 Å². The van der Waals surface area contributed by atoms with E-state index in [1.807, 2.05) is 79.2 Å². The highest BCUT2D eigenvalue weighted by Gasteiger charge is 2.70. The van der Waals surface area contributed by atoms with Crippen LogP contribution in [0.15, 0.2) is 83.6 Å². The molecule has 4 aromatic rings. The van der Waals surface area contributed by atoms with E-state index in [9.17, 15) is 14.4 Å². The summed E-state index contributed by atoms with van der Waals surface area (Å²) in [4.78, 5) is 46.5. The topological polar surface area (TPSA) is 66.5 Å². The van der Waals surface area contributed by atoms with Crippen molar-refractivity contribution in [2.75, 3.05) is 10.2 Å². The first-order valence-electron chi connectivity index (χ1n) is 12.6. The average molecular weight is 537 g/mol. The van der Waals surface area contributed by atoms with Crippen molar-refractivity contribution in [3.05, 3.63) is 110 Å². The number of nitrogens with zero attached hydrogens (tertiary/aromatic N) is 1. The van der Waals surface area contributed by atoms with Gasteiger partial charge < -0.3 is 10.2 Å². The molecule has 188 valence electrons. The van der Waals surface area contributed by atoms with Crippen molar-refractivity contribution < 1.29 is 14.4 Å². The van der Waals surface area contributed by atoms with Crippen LogP contribution in [0.2, 0.25) is 0 Å². The Hall–Kier alpha value is -3.81. The van der Waals surface area contributed by atoms with Gasteiger partial charge in [-0.25, -0.2) is 0 Å². The first kappa shape index (κ1) is 23.3. The van der Waals surface area contributed by atoms with Gasteiger partial charge in [0.05, 0.1) is 21.7 Å². The second kappa shape index (κ2) is 8.35. The van der Waals surface area contributed by atoms with E-state index in [-0.39, 0.29) is 17.5 Å². The molecular weight excluding hydrogens is 512 g/mol. The van der Waals surface area contributed by atoms with E-state index in [0.29, 0.717) is 15.4 Å². The largest absolute Gasteiger partial charge is 0.352 e. The summed E-state index contributed by atoms with van der Waals surface area (Å²) in [5.74, 6) is -1.45. The standard InChI is InChI=1S/C31H24N2O3S2/c1-17-11-12-22-19(15-17)18(2)16-25-31(20-7-3-4-8-21(20)32-30(31)36)26(28(34)23-9-5-13-37-23)27(33(22)25)29(35)24-10-6-14-38-24/h3-16,25-27H,1-2H3,(H,32,36)/t25-,26+,27-,31+/m0/s1. The Bertz CT molecular complexity index is 1650. The van der Waals surface area contributed by atoms with Crippen molar-refractivity contribution in [1.82, 2.24) is 0 Å². The third-order valence-corrected chi connectivity index (χ3v) is 9.98. The number of anilines is 2. The number of nitrogens with one attached hydrogen (secondary N) is 1. The van der Waals surface area contributed by atoms with Gasteiger partial charge in [-0.1, -0.05) is 48.0 Å². The van der Waals surface area contributed by atoms with Crippen LogP contribution in [0.1, 0.15) is 43.0 Å². The minimum atomic E-state index is -1.26. The second-order valence-electron chi connectivity index (χ2n) is 10.2. The maximum absolute atomic E-state index is 14.5. The molecule has 2 aromatic heterocycles. The summed E-state index contributed by atoms with van der Waals surface area (Å²) in [6, 6.07) is 19.7. The van der Waals surface area contributed by atoms with Gasteiger partial charge in [0.15, 0.2) is 11.6 Å². The molecule has 7 heteroatoms. The van der Waals surface area contributed by atoms with Crippen molar-refractivity contribution in [2.45, 2.75) is 31.3 Å². The molecule has 38 heavy (non-hydrogen) atoms. The quantitative estimate of drug-likeness (QED) is 0.308. The van der Waals surface area contributed by atoms with Gasteiger partial charge in [0.2, 0.25) is 5.91 Å². The van der Waals surface area contributed by atoms with Crippen molar-refractivity contribution in [3.63, 3.8) is 0 Å². The first-order valence-corrected chi connectivity index (χ1v) is 14.3. The fourth-order valence-electron chi connectivity index (χ4n) is 6.68. The molecule has 0 radical (unpaired) electrons. The first-order chi connectivity index (χ1) is 18.4. The van der Waals surface area contributed by atoms with E-state index < -0.39 is 23.4 Å². The number of para-hydroxylation sites is 1. The van der Waals surface area contributed by atoms with E-state index >= 15 is 0 Å². The molecule has 3 aliphatic rings. The van der Waals surface area contributed by atoms with Crippen molar-refractivity contribution >= 4 is 57.1 Å². The van der Waals surface area contributed by atoms with Gasteiger partial charge in [-0.2, -0.15) is 0 Å². The molecule has 5 nitrogen and oxygen atoms in total. The minimum Gasteiger partial charge on any atom is -0.352 e. The molecule has 0 bridgehead atoms. The summed E-state index contributed by atoms with van der Waals surface area (Å²) in [5, 5.41) is 6.82. The number of carbonyl (C=O) groups excluding carboxylic acids is 3. The predicted octanol–water partition coefficient (Wildman–Crippen LogP) is 6.36. The molecule has 7 rings (SSSR count). The van der Waals surface area contributed by atoms with Crippen LogP contribution < -0.4 is 10.2 Å². The Balaban J connectivity index is 1.57. The highest BCUT2D eigenvalue weighted by atomic mass is 32.1. The summed E-state index contributed by atoms with van der Waals surface area (Å²) in [6.07, 6.45) is 2.10. The molecule has 5 heterocycles. The SMILES string of the molecule is CC1=C[C@@H]2N(c3ccc(C)cc31)[C@H](C(=O)c1cccs1)[C@H](C(=O)c1cccs1)[C@]21C(=O)Nc2ccccc21. The summed E-state index contributed by atoms with van der Waals surface area (Å²) in [7, 11) is 0. The Kier molecular flexibility index (Phi) is 5.12. The molecule has 1 N–H and O–H groups in total. The fraction of sp³-hybridized carbons (Fsp3) is 0.194. The number of thiophene rings is 2. The zero-order valence-corrected chi connectivity index (χ0v) is 22.4. The minimum absolute atomic E-state index is 0.131. The predicted molar refractivity (Wildman–Crippen MR) is 152 cm³/mol. The third kappa shape index (κ3) is 3.00. The van der Waals surface area contributed by atoms with E-state index in [1.165, 1.54) is 22.7 Å².